The van der Waals surface area contributed by atoms with Crippen molar-refractivity contribution >= 4 is 42.1 Å². The lowest BCUT2D eigenvalue weighted by Gasteiger charge is -2.27. The third-order valence-corrected chi connectivity index (χ3v) is 4.70. The summed E-state index contributed by atoms with van der Waals surface area (Å²) in [7, 11) is 0. The van der Waals surface area contributed by atoms with Crippen LogP contribution in [0.1, 0.15) is 5.69 Å². The fraction of sp³-hybridized carbons (Fsp3) is 0.438. The average Bonchev–Trinajstić information content (AvgIpc) is 3.05. The number of hydrogen-bond acceptors (Lipinski definition) is 6. The molecule has 0 aromatic carbocycles. The number of nitrogens with one attached hydrogen (secondary N) is 2. The lowest BCUT2D eigenvalue weighted by atomic mass is 10.3. The van der Waals surface area contributed by atoms with Gasteiger partial charge in [0.15, 0.2) is 0 Å². The first kappa shape index (κ1) is 21.8. The van der Waals surface area contributed by atoms with Gasteiger partial charge in [0.25, 0.3) is 0 Å². The standard InChI is InChI=1S/C16H21N5OS.2ClH/c22-15(19-6-9-21-7-4-17-5-8-21)10-14-12-23-16(20-14)13-2-1-3-18-11-13;;/h1-3,11-12,17H,4-10H2,(H,19,22);2*1H. The fourth-order valence-corrected chi connectivity index (χ4v) is 3.34. The summed E-state index contributed by atoms with van der Waals surface area (Å²) >= 11 is 1.54. The first-order valence-electron chi connectivity index (χ1n) is 7.86. The molecule has 1 fully saturated rings. The van der Waals surface area contributed by atoms with Crippen LogP contribution in [0.2, 0.25) is 0 Å². The monoisotopic (exact) mass is 403 g/mol. The van der Waals surface area contributed by atoms with Gasteiger partial charge >= 0.3 is 0 Å². The Morgan fingerprint density at radius 1 is 1.32 bits per heavy atom. The second-order valence-corrected chi connectivity index (χ2v) is 6.36. The van der Waals surface area contributed by atoms with Gasteiger partial charge in [-0.25, -0.2) is 4.98 Å². The lowest BCUT2D eigenvalue weighted by molar-refractivity contribution is -0.120. The number of piperazine rings is 1. The van der Waals surface area contributed by atoms with Crippen molar-refractivity contribution in [3.63, 3.8) is 0 Å². The molecule has 0 radical (unpaired) electrons. The normalized spacial score (nSPS) is 14.2. The smallest absolute Gasteiger partial charge is 0.226 e. The summed E-state index contributed by atoms with van der Waals surface area (Å²) in [6.45, 7) is 5.77. The van der Waals surface area contributed by atoms with E-state index in [9.17, 15) is 4.79 Å². The van der Waals surface area contributed by atoms with Crippen LogP contribution >= 0.6 is 36.2 Å². The van der Waals surface area contributed by atoms with Crippen molar-refractivity contribution in [3.8, 4) is 10.6 Å². The summed E-state index contributed by atoms with van der Waals surface area (Å²) in [5.74, 6) is 0.0307. The van der Waals surface area contributed by atoms with Gasteiger partial charge in [0.1, 0.15) is 5.01 Å². The molecule has 0 unspecified atom stereocenters. The van der Waals surface area contributed by atoms with Crippen molar-refractivity contribution in [2.75, 3.05) is 39.3 Å². The molecule has 3 rings (SSSR count). The zero-order valence-electron chi connectivity index (χ0n) is 13.8. The molecule has 1 aliphatic heterocycles. The Bertz CT molecular complexity index is 634. The summed E-state index contributed by atoms with van der Waals surface area (Å²) in [6.07, 6.45) is 3.86. The highest BCUT2D eigenvalue weighted by molar-refractivity contribution is 7.13. The highest BCUT2D eigenvalue weighted by Gasteiger charge is 2.11. The Balaban J connectivity index is 0.00000156. The van der Waals surface area contributed by atoms with E-state index in [0.717, 1.165) is 49.0 Å². The maximum absolute atomic E-state index is 12.0. The lowest BCUT2D eigenvalue weighted by Crippen LogP contribution is -2.46. The van der Waals surface area contributed by atoms with Gasteiger partial charge in [0.05, 0.1) is 12.1 Å². The van der Waals surface area contributed by atoms with Gasteiger partial charge in [-0.15, -0.1) is 36.2 Å². The minimum atomic E-state index is 0. The first-order chi connectivity index (χ1) is 11.3. The Kier molecular flexibility index (Phi) is 9.92. The Labute approximate surface area is 164 Å². The molecule has 2 aromatic rings. The molecule has 25 heavy (non-hydrogen) atoms. The fourth-order valence-electron chi connectivity index (χ4n) is 2.53. The van der Waals surface area contributed by atoms with Crippen LogP contribution < -0.4 is 10.6 Å². The van der Waals surface area contributed by atoms with Gasteiger partial charge in [0.2, 0.25) is 5.91 Å². The van der Waals surface area contributed by atoms with Crippen LogP contribution in [0, 0.1) is 0 Å². The predicted octanol–water partition coefficient (Wildman–Crippen LogP) is 1.61. The number of rotatable bonds is 6. The van der Waals surface area contributed by atoms with Crippen molar-refractivity contribution in [1.82, 2.24) is 25.5 Å². The van der Waals surface area contributed by atoms with E-state index >= 15 is 0 Å². The van der Waals surface area contributed by atoms with E-state index in [0.29, 0.717) is 13.0 Å². The maximum Gasteiger partial charge on any atom is 0.226 e. The van der Waals surface area contributed by atoms with Crippen LogP contribution in [-0.2, 0) is 11.2 Å². The zero-order chi connectivity index (χ0) is 15.9. The van der Waals surface area contributed by atoms with E-state index < -0.39 is 0 Å². The molecule has 0 atom stereocenters. The topological polar surface area (TPSA) is 70.2 Å². The van der Waals surface area contributed by atoms with Crippen molar-refractivity contribution in [3.05, 3.63) is 35.6 Å². The minimum absolute atomic E-state index is 0. The molecule has 2 N–H and O–H groups in total. The van der Waals surface area contributed by atoms with Gasteiger partial charge in [-0.2, -0.15) is 0 Å². The van der Waals surface area contributed by atoms with Crippen LogP contribution in [0.15, 0.2) is 29.9 Å². The maximum atomic E-state index is 12.0. The largest absolute Gasteiger partial charge is 0.354 e. The van der Waals surface area contributed by atoms with Gasteiger partial charge in [0, 0.05) is 62.6 Å². The molecule has 0 spiro atoms. The zero-order valence-corrected chi connectivity index (χ0v) is 16.3. The number of amides is 1. The van der Waals surface area contributed by atoms with E-state index in [-0.39, 0.29) is 30.7 Å². The van der Waals surface area contributed by atoms with Gasteiger partial charge in [-0.3, -0.25) is 14.7 Å². The molecule has 0 aliphatic carbocycles. The highest BCUT2D eigenvalue weighted by Crippen LogP contribution is 2.22. The minimum Gasteiger partial charge on any atom is -0.354 e. The van der Waals surface area contributed by atoms with E-state index in [2.05, 4.69) is 25.5 Å². The molecule has 0 saturated carbocycles. The summed E-state index contributed by atoms with van der Waals surface area (Å²) in [5.41, 5.74) is 1.80. The molecule has 9 heteroatoms. The second kappa shape index (κ2) is 11.4. The third-order valence-electron chi connectivity index (χ3n) is 3.76. The molecule has 1 aliphatic rings. The van der Waals surface area contributed by atoms with Crippen molar-refractivity contribution < 1.29 is 4.79 Å². The summed E-state index contributed by atoms with van der Waals surface area (Å²) in [6, 6.07) is 3.86. The number of carbonyl (C=O) groups is 1. The molecular weight excluding hydrogens is 381 g/mol. The quantitative estimate of drug-likeness (QED) is 0.766. The summed E-state index contributed by atoms with van der Waals surface area (Å²) in [5, 5.41) is 9.15. The van der Waals surface area contributed by atoms with E-state index in [1.165, 1.54) is 0 Å². The molecule has 138 valence electrons. The molecule has 6 nitrogen and oxygen atoms in total. The van der Waals surface area contributed by atoms with Gasteiger partial charge in [-0.05, 0) is 12.1 Å². The molecule has 0 bridgehead atoms. The number of thiazole rings is 1. The first-order valence-corrected chi connectivity index (χ1v) is 8.74. The van der Waals surface area contributed by atoms with Gasteiger partial charge in [-0.1, -0.05) is 0 Å². The van der Waals surface area contributed by atoms with E-state index in [1.54, 1.807) is 23.7 Å². The Morgan fingerprint density at radius 2 is 2.12 bits per heavy atom. The van der Waals surface area contributed by atoms with Gasteiger partial charge < -0.3 is 10.6 Å². The molecular formula is C16H23Cl2N5OS. The second-order valence-electron chi connectivity index (χ2n) is 5.50. The van der Waals surface area contributed by atoms with Crippen molar-refractivity contribution in [1.29, 1.82) is 0 Å². The predicted molar refractivity (Wildman–Crippen MR) is 106 cm³/mol. The third kappa shape index (κ3) is 6.87. The van der Waals surface area contributed by atoms with Crippen LogP contribution in [-0.4, -0.2) is 60.0 Å². The number of nitrogens with zero attached hydrogens (tertiary/aromatic N) is 3. The van der Waals surface area contributed by atoms with Crippen LogP contribution in [0.3, 0.4) is 0 Å². The molecule has 2 aromatic heterocycles. The Morgan fingerprint density at radius 3 is 2.84 bits per heavy atom. The van der Waals surface area contributed by atoms with Crippen LogP contribution in [0.4, 0.5) is 0 Å². The van der Waals surface area contributed by atoms with E-state index in [1.807, 2.05) is 17.5 Å². The SMILES string of the molecule is Cl.Cl.O=C(Cc1csc(-c2cccnc2)n1)NCCN1CCNCC1. The van der Waals surface area contributed by atoms with Crippen molar-refractivity contribution in [2.45, 2.75) is 6.42 Å². The summed E-state index contributed by atoms with van der Waals surface area (Å²) < 4.78 is 0. The Hall–Kier alpha value is -1.25. The molecule has 3 heterocycles. The number of pyridine rings is 1. The van der Waals surface area contributed by atoms with Crippen LogP contribution in [0.25, 0.3) is 10.6 Å². The summed E-state index contributed by atoms with van der Waals surface area (Å²) in [4.78, 5) is 23.0. The number of aromatic nitrogens is 2. The number of hydrogen-bond donors (Lipinski definition) is 2. The van der Waals surface area contributed by atoms with E-state index in [4.69, 9.17) is 0 Å². The van der Waals surface area contributed by atoms with Crippen molar-refractivity contribution in [2.24, 2.45) is 0 Å². The highest BCUT2D eigenvalue weighted by atomic mass is 35.5. The molecule has 1 amide bonds. The molecule has 1 saturated heterocycles. The average molecular weight is 404 g/mol. The number of halogens is 2. The van der Waals surface area contributed by atoms with Crippen LogP contribution in [0.5, 0.6) is 0 Å². The number of carbonyl (C=O) groups excluding carboxylic acids is 1.